The molecule has 0 atom stereocenters. The fraction of sp³-hybridized carbons (Fsp3) is 0.261. The lowest BCUT2D eigenvalue weighted by atomic mass is 10.1. The number of hydrogen-bond acceptors (Lipinski definition) is 5. The Hall–Kier alpha value is -1.93. The van der Waals surface area contributed by atoms with Gasteiger partial charge in [-0.1, -0.05) is 53.2 Å². The molecule has 0 aliphatic heterocycles. The topological polar surface area (TPSA) is 59.8 Å². The fourth-order valence-corrected chi connectivity index (χ4v) is 5.40. The number of benzene rings is 2. The minimum absolute atomic E-state index is 0.0820. The van der Waals surface area contributed by atoms with Gasteiger partial charge in [0.25, 0.3) is 0 Å². The molecule has 5 nitrogen and oxygen atoms in total. The van der Waals surface area contributed by atoms with E-state index in [1.807, 2.05) is 42.7 Å². The molecule has 3 rings (SSSR count). The molecule has 1 heterocycles. The van der Waals surface area contributed by atoms with E-state index in [-0.39, 0.29) is 11.7 Å². The van der Waals surface area contributed by atoms with Crippen LogP contribution in [0.4, 0.5) is 5.69 Å². The number of carbonyl (C=O) groups excluding carboxylic acids is 1. The molecule has 9 heteroatoms. The van der Waals surface area contributed by atoms with E-state index in [0.717, 1.165) is 34.0 Å². The third-order valence-corrected chi connectivity index (χ3v) is 6.98. The van der Waals surface area contributed by atoms with E-state index >= 15 is 0 Å². The molecule has 168 valence electrons. The maximum atomic E-state index is 12.4. The minimum atomic E-state index is -0.0820. The molecule has 0 aliphatic rings. The summed E-state index contributed by atoms with van der Waals surface area (Å²) >= 11 is 15.3. The Kier molecular flexibility index (Phi) is 9.11. The van der Waals surface area contributed by atoms with Crippen LogP contribution in [0.25, 0.3) is 0 Å². The SMILES string of the molecule is C=CCn1c(CSCc2ccc(Cl)cc2Cl)nnc1SCC(=O)Nc1cc(C)cc(C)c1. The monoisotopic (exact) mass is 506 g/mol. The van der Waals surface area contributed by atoms with Crippen LogP contribution >= 0.6 is 46.7 Å². The Morgan fingerprint density at radius 1 is 1.12 bits per heavy atom. The number of halogens is 2. The molecule has 32 heavy (non-hydrogen) atoms. The normalized spacial score (nSPS) is 10.9. The average Bonchev–Trinajstić information content (AvgIpc) is 3.09. The van der Waals surface area contributed by atoms with E-state index in [1.165, 1.54) is 11.8 Å². The number of nitrogens with zero attached hydrogens (tertiary/aromatic N) is 3. The molecule has 0 saturated carbocycles. The Morgan fingerprint density at radius 2 is 1.88 bits per heavy atom. The third-order valence-electron chi connectivity index (χ3n) is 4.45. The molecular formula is C23H24Cl2N4OS2. The van der Waals surface area contributed by atoms with Gasteiger partial charge in [0.2, 0.25) is 5.91 Å². The van der Waals surface area contributed by atoms with E-state index in [9.17, 15) is 4.79 Å². The second-order valence-corrected chi connectivity index (χ2v) is 10.0. The smallest absolute Gasteiger partial charge is 0.234 e. The minimum Gasteiger partial charge on any atom is -0.325 e. The van der Waals surface area contributed by atoms with Crippen molar-refractivity contribution in [3.05, 3.63) is 81.6 Å². The number of hydrogen-bond donors (Lipinski definition) is 1. The molecule has 0 radical (unpaired) electrons. The highest BCUT2D eigenvalue weighted by atomic mass is 35.5. The van der Waals surface area contributed by atoms with Crippen molar-refractivity contribution in [3.8, 4) is 0 Å². The molecule has 2 aromatic carbocycles. The lowest BCUT2D eigenvalue weighted by Crippen LogP contribution is -2.15. The van der Waals surface area contributed by atoms with Crippen molar-refractivity contribution in [2.24, 2.45) is 0 Å². The molecule has 0 unspecified atom stereocenters. The Bertz CT molecular complexity index is 1100. The van der Waals surface area contributed by atoms with Gasteiger partial charge in [-0.3, -0.25) is 4.79 Å². The number of carbonyl (C=O) groups is 1. The van der Waals surface area contributed by atoms with Crippen molar-refractivity contribution in [2.75, 3.05) is 11.1 Å². The highest BCUT2D eigenvalue weighted by molar-refractivity contribution is 7.99. The van der Waals surface area contributed by atoms with E-state index in [1.54, 1.807) is 23.9 Å². The Labute approximate surface area is 207 Å². The van der Waals surface area contributed by atoms with Crippen molar-refractivity contribution >= 4 is 58.3 Å². The molecule has 0 bridgehead atoms. The predicted molar refractivity (Wildman–Crippen MR) is 137 cm³/mol. The first-order valence-corrected chi connectivity index (χ1v) is 12.8. The lowest BCUT2D eigenvalue weighted by Gasteiger charge is -2.09. The van der Waals surface area contributed by atoms with Gasteiger partial charge in [-0.25, -0.2) is 0 Å². The van der Waals surface area contributed by atoms with E-state index in [0.29, 0.717) is 27.5 Å². The van der Waals surface area contributed by atoms with Crippen molar-refractivity contribution in [3.63, 3.8) is 0 Å². The van der Waals surface area contributed by atoms with Crippen LogP contribution < -0.4 is 5.32 Å². The molecule has 1 N–H and O–H groups in total. The number of thioether (sulfide) groups is 2. The predicted octanol–water partition coefficient (Wildman–Crippen LogP) is 6.55. The molecular weight excluding hydrogens is 483 g/mol. The van der Waals surface area contributed by atoms with Crippen molar-refractivity contribution in [1.29, 1.82) is 0 Å². The standard InChI is InChI=1S/C23H24Cl2N4OS2/c1-4-7-29-21(13-31-12-17-5-6-18(24)11-20(17)25)27-28-23(29)32-14-22(30)26-19-9-15(2)8-16(3)10-19/h4-6,8-11H,1,7,12-14H2,2-3H3,(H,26,30). The number of allylic oxidation sites excluding steroid dienone is 1. The number of rotatable bonds is 10. The van der Waals surface area contributed by atoms with Crippen molar-refractivity contribution in [2.45, 2.75) is 37.1 Å². The summed E-state index contributed by atoms with van der Waals surface area (Å²) in [6.45, 7) is 8.43. The molecule has 0 saturated heterocycles. The number of aromatic nitrogens is 3. The molecule has 3 aromatic rings. The van der Waals surface area contributed by atoms with E-state index in [4.69, 9.17) is 23.2 Å². The number of anilines is 1. The first-order valence-electron chi connectivity index (χ1n) is 9.91. The average molecular weight is 508 g/mol. The van der Waals surface area contributed by atoms with Crippen LogP contribution in [0.1, 0.15) is 22.5 Å². The van der Waals surface area contributed by atoms with E-state index < -0.39 is 0 Å². The zero-order valence-corrected chi connectivity index (χ0v) is 21.0. The molecule has 0 aliphatic carbocycles. The van der Waals surface area contributed by atoms with Crippen LogP contribution in [0.15, 0.2) is 54.2 Å². The summed E-state index contributed by atoms with van der Waals surface area (Å²) in [6, 6.07) is 11.5. The van der Waals surface area contributed by atoms with Crippen LogP contribution in [0.5, 0.6) is 0 Å². The third kappa shape index (κ3) is 7.04. The van der Waals surface area contributed by atoms with Gasteiger partial charge in [0.15, 0.2) is 5.16 Å². The molecule has 1 amide bonds. The number of aryl methyl sites for hydroxylation is 2. The Morgan fingerprint density at radius 3 is 2.56 bits per heavy atom. The van der Waals surface area contributed by atoms with Gasteiger partial charge >= 0.3 is 0 Å². The maximum absolute atomic E-state index is 12.4. The molecule has 1 aromatic heterocycles. The summed E-state index contributed by atoms with van der Waals surface area (Å²) < 4.78 is 1.98. The molecule has 0 spiro atoms. The summed E-state index contributed by atoms with van der Waals surface area (Å²) in [5, 5.41) is 13.5. The van der Waals surface area contributed by atoms with Crippen molar-refractivity contribution in [1.82, 2.24) is 14.8 Å². The van der Waals surface area contributed by atoms with Gasteiger partial charge in [0.1, 0.15) is 5.82 Å². The zero-order valence-electron chi connectivity index (χ0n) is 17.9. The maximum Gasteiger partial charge on any atom is 0.234 e. The second-order valence-electron chi connectivity index (χ2n) is 7.24. The van der Waals surface area contributed by atoms with Crippen molar-refractivity contribution < 1.29 is 4.79 Å². The summed E-state index contributed by atoms with van der Waals surface area (Å²) in [4.78, 5) is 12.4. The van der Waals surface area contributed by atoms with Gasteiger partial charge in [0.05, 0.1) is 11.5 Å². The van der Waals surface area contributed by atoms with Gasteiger partial charge in [-0.05, 0) is 54.8 Å². The number of nitrogens with one attached hydrogen (secondary N) is 1. The summed E-state index contributed by atoms with van der Waals surface area (Å²) in [7, 11) is 0. The zero-order chi connectivity index (χ0) is 23.1. The van der Waals surface area contributed by atoms with Gasteiger partial charge < -0.3 is 9.88 Å². The highest BCUT2D eigenvalue weighted by Gasteiger charge is 2.14. The number of amides is 1. The Balaban J connectivity index is 1.58. The summed E-state index contributed by atoms with van der Waals surface area (Å²) in [6.07, 6.45) is 1.80. The second kappa shape index (κ2) is 11.8. The summed E-state index contributed by atoms with van der Waals surface area (Å²) in [5.74, 6) is 2.39. The van der Waals surface area contributed by atoms with Crippen LogP contribution in [-0.2, 0) is 22.8 Å². The van der Waals surface area contributed by atoms with Crippen LogP contribution in [0, 0.1) is 13.8 Å². The van der Waals surface area contributed by atoms with Crippen LogP contribution in [0.3, 0.4) is 0 Å². The van der Waals surface area contributed by atoms with Gasteiger partial charge in [-0.15, -0.1) is 28.5 Å². The summed E-state index contributed by atoms with van der Waals surface area (Å²) in [5.41, 5.74) is 4.05. The molecule has 0 fully saturated rings. The van der Waals surface area contributed by atoms with Crippen LogP contribution in [-0.4, -0.2) is 26.4 Å². The highest BCUT2D eigenvalue weighted by Crippen LogP contribution is 2.27. The first-order chi connectivity index (χ1) is 15.4. The van der Waals surface area contributed by atoms with Gasteiger partial charge in [0, 0.05) is 28.0 Å². The largest absolute Gasteiger partial charge is 0.325 e. The first kappa shape index (κ1) is 24.7. The van der Waals surface area contributed by atoms with Gasteiger partial charge in [-0.2, -0.15) is 0 Å². The van der Waals surface area contributed by atoms with Crippen LogP contribution in [0.2, 0.25) is 10.0 Å². The quantitative estimate of drug-likeness (QED) is 0.249. The lowest BCUT2D eigenvalue weighted by molar-refractivity contribution is -0.113. The fourth-order valence-electron chi connectivity index (χ4n) is 3.11. The van der Waals surface area contributed by atoms with E-state index in [2.05, 4.69) is 28.2 Å².